The van der Waals surface area contributed by atoms with Crippen LogP contribution in [-0.2, 0) is 17.9 Å². The summed E-state index contributed by atoms with van der Waals surface area (Å²) in [5, 5.41) is 13.1. The molecular formula is C30H26ClN3O2. The van der Waals surface area contributed by atoms with Crippen LogP contribution in [-0.4, -0.2) is 10.5 Å². The van der Waals surface area contributed by atoms with Crippen LogP contribution in [0.15, 0.2) is 90.5 Å². The van der Waals surface area contributed by atoms with Gasteiger partial charge in [0.05, 0.1) is 0 Å². The molecule has 3 aromatic carbocycles. The molecule has 0 radical (unpaired) electrons. The second-order valence-electron chi connectivity index (χ2n) is 8.37. The standard InChI is InChI=1S/C30H26ClN3O2/c1-21-16-25(17-26(18-32)30(35)33-19-23-8-4-3-5-9-23)22(2)34(21)27-12-14-28(15-13-27)36-20-24-10-6-7-11-29(24)31/h3-17H,19-20H2,1-2H3,(H,33,35)/b26-17-. The Morgan fingerprint density at radius 2 is 1.72 bits per heavy atom. The Bertz CT molecular complexity index is 1430. The average Bonchev–Trinajstić information content (AvgIpc) is 3.18. The third kappa shape index (κ3) is 5.86. The maximum Gasteiger partial charge on any atom is 0.262 e. The second-order valence-corrected chi connectivity index (χ2v) is 8.78. The summed E-state index contributed by atoms with van der Waals surface area (Å²) in [5.74, 6) is 0.342. The number of ether oxygens (including phenoxy) is 1. The van der Waals surface area contributed by atoms with Crippen LogP contribution < -0.4 is 10.1 Å². The van der Waals surface area contributed by atoms with Crippen molar-refractivity contribution in [3.8, 4) is 17.5 Å². The molecule has 5 nitrogen and oxygen atoms in total. The van der Waals surface area contributed by atoms with Crippen LogP contribution in [0.2, 0.25) is 5.02 Å². The molecule has 1 heterocycles. The maximum atomic E-state index is 12.6. The van der Waals surface area contributed by atoms with E-state index in [1.165, 1.54) is 0 Å². The number of nitrogens with zero attached hydrogens (tertiary/aromatic N) is 2. The van der Waals surface area contributed by atoms with Crippen LogP contribution in [0.25, 0.3) is 11.8 Å². The summed E-state index contributed by atoms with van der Waals surface area (Å²) in [6.07, 6.45) is 1.64. The fourth-order valence-corrected chi connectivity index (χ4v) is 4.17. The topological polar surface area (TPSA) is 67.0 Å². The number of carbonyl (C=O) groups excluding carboxylic acids is 1. The van der Waals surface area contributed by atoms with Gasteiger partial charge < -0.3 is 14.6 Å². The van der Waals surface area contributed by atoms with Crippen LogP contribution >= 0.6 is 11.6 Å². The van der Waals surface area contributed by atoms with Gasteiger partial charge in [-0.3, -0.25) is 4.79 Å². The Balaban J connectivity index is 1.48. The van der Waals surface area contributed by atoms with E-state index in [1.807, 2.05) is 105 Å². The number of benzene rings is 3. The van der Waals surface area contributed by atoms with Crippen molar-refractivity contribution in [1.82, 2.24) is 9.88 Å². The highest BCUT2D eigenvalue weighted by Gasteiger charge is 2.14. The van der Waals surface area contributed by atoms with Crippen molar-refractivity contribution in [1.29, 1.82) is 5.26 Å². The smallest absolute Gasteiger partial charge is 0.262 e. The number of aromatic nitrogens is 1. The zero-order valence-electron chi connectivity index (χ0n) is 20.2. The van der Waals surface area contributed by atoms with Gasteiger partial charge in [0.25, 0.3) is 5.91 Å². The van der Waals surface area contributed by atoms with Gasteiger partial charge in [-0.15, -0.1) is 0 Å². The molecule has 0 fully saturated rings. The Hall–Kier alpha value is -4.27. The molecule has 36 heavy (non-hydrogen) atoms. The predicted molar refractivity (Wildman–Crippen MR) is 143 cm³/mol. The molecule has 6 heteroatoms. The molecule has 0 bridgehead atoms. The summed E-state index contributed by atoms with van der Waals surface area (Å²) in [6, 6.07) is 29.0. The molecule has 4 aromatic rings. The van der Waals surface area contributed by atoms with Crippen LogP contribution in [0.5, 0.6) is 5.75 Å². The minimum atomic E-state index is -0.397. The Labute approximate surface area is 216 Å². The molecule has 1 N–H and O–H groups in total. The first kappa shape index (κ1) is 24.8. The van der Waals surface area contributed by atoms with E-state index >= 15 is 0 Å². The van der Waals surface area contributed by atoms with Crippen molar-refractivity contribution in [3.63, 3.8) is 0 Å². The van der Waals surface area contributed by atoms with E-state index in [2.05, 4.69) is 9.88 Å². The van der Waals surface area contributed by atoms with Crippen molar-refractivity contribution in [2.24, 2.45) is 0 Å². The van der Waals surface area contributed by atoms with Gasteiger partial charge in [-0.2, -0.15) is 5.26 Å². The first-order valence-electron chi connectivity index (χ1n) is 11.6. The molecule has 0 aliphatic heterocycles. The van der Waals surface area contributed by atoms with Crippen molar-refractivity contribution in [2.75, 3.05) is 0 Å². The first-order chi connectivity index (χ1) is 17.5. The van der Waals surface area contributed by atoms with Gasteiger partial charge in [0.15, 0.2) is 0 Å². The lowest BCUT2D eigenvalue weighted by molar-refractivity contribution is -0.117. The Kier molecular flexibility index (Phi) is 7.89. The molecule has 0 unspecified atom stereocenters. The first-order valence-corrected chi connectivity index (χ1v) is 11.9. The summed E-state index contributed by atoms with van der Waals surface area (Å²) >= 11 is 6.21. The van der Waals surface area contributed by atoms with E-state index in [4.69, 9.17) is 16.3 Å². The minimum Gasteiger partial charge on any atom is -0.489 e. The van der Waals surface area contributed by atoms with Gasteiger partial charge in [0.1, 0.15) is 24.0 Å². The van der Waals surface area contributed by atoms with E-state index in [1.54, 1.807) is 6.08 Å². The van der Waals surface area contributed by atoms with E-state index < -0.39 is 5.91 Å². The second kappa shape index (κ2) is 11.4. The van der Waals surface area contributed by atoms with Crippen molar-refractivity contribution in [3.05, 3.63) is 124 Å². The van der Waals surface area contributed by atoms with Crippen molar-refractivity contribution in [2.45, 2.75) is 27.0 Å². The number of hydrogen-bond donors (Lipinski definition) is 1. The summed E-state index contributed by atoms with van der Waals surface area (Å²) in [5.41, 5.74) is 5.67. The summed E-state index contributed by atoms with van der Waals surface area (Å²) in [7, 11) is 0. The highest BCUT2D eigenvalue weighted by atomic mass is 35.5. The minimum absolute atomic E-state index is 0.0644. The van der Waals surface area contributed by atoms with E-state index in [9.17, 15) is 10.1 Å². The molecule has 1 aromatic heterocycles. The molecule has 0 aliphatic carbocycles. The monoisotopic (exact) mass is 495 g/mol. The largest absolute Gasteiger partial charge is 0.489 e. The maximum absolute atomic E-state index is 12.6. The van der Waals surface area contributed by atoms with Gasteiger partial charge in [-0.05, 0) is 67.4 Å². The van der Waals surface area contributed by atoms with E-state index in [0.29, 0.717) is 18.2 Å². The number of nitriles is 1. The van der Waals surface area contributed by atoms with E-state index in [0.717, 1.165) is 39.5 Å². The zero-order chi connectivity index (χ0) is 25.5. The normalized spacial score (nSPS) is 11.1. The number of aryl methyl sites for hydroxylation is 1. The molecule has 0 atom stereocenters. The van der Waals surface area contributed by atoms with Crippen LogP contribution in [0.1, 0.15) is 28.1 Å². The molecule has 0 spiro atoms. The quantitative estimate of drug-likeness (QED) is 0.222. The molecule has 180 valence electrons. The fraction of sp³-hybridized carbons (Fsp3) is 0.133. The summed E-state index contributed by atoms with van der Waals surface area (Å²) < 4.78 is 7.98. The Morgan fingerprint density at radius 1 is 1.03 bits per heavy atom. The number of carbonyl (C=O) groups is 1. The van der Waals surface area contributed by atoms with Gasteiger partial charge >= 0.3 is 0 Å². The highest BCUT2D eigenvalue weighted by molar-refractivity contribution is 6.31. The van der Waals surface area contributed by atoms with Gasteiger partial charge in [-0.1, -0.05) is 60.1 Å². The molecule has 0 saturated heterocycles. The molecule has 1 amide bonds. The third-order valence-electron chi connectivity index (χ3n) is 5.88. The lowest BCUT2D eigenvalue weighted by Gasteiger charge is -2.12. The van der Waals surface area contributed by atoms with E-state index in [-0.39, 0.29) is 5.57 Å². The molecular weight excluding hydrogens is 470 g/mol. The number of nitrogens with one attached hydrogen (secondary N) is 1. The van der Waals surface area contributed by atoms with Crippen LogP contribution in [0, 0.1) is 25.2 Å². The fourth-order valence-electron chi connectivity index (χ4n) is 3.98. The molecule has 4 rings (SSSR count). The number of hydrogen-bond acceptors (Lipinski definition) is 3. The van der Waals surface area contributed by atoms with Crippen molar-refractivity contribution < 1.29 is 9.53 Å². The average molecular weight is 496 g/mol. The molecule has 0 aliphatic rings. The molecule has 0 saturated carbocycles. The number of rotatable bonds is 8. The van der Waals surface area contributed by atoms with Crippen LogP contribution in [0.3, 0.4) is 0 Å². The van der Waals surface area contributed by atoms with Crippen molar-refractivity contribution >= 4 is 23.6 Å². The predicted octanol–water partition coefficient (Wildman–Crippen LogP) is 6.55. The zero-order valence-corrected chi connectivity index (χ0v) is 20.9. The lowest BCUT2D eigenvalue weighted by atomic mass is 10.1. The summed E-state index contributed by atoms with van der Waals surface area (Å²) in [6.45, 7) is 4.71. The lowest BCUT2D eigenvalue weighted by Crippen LogP contribution is -2.23. The van der Waals surface area contributed by atoms with Gasteiger partial charge in [-0.25, -0.2) is 0 Å². The van der Waals surface area contributed by atoms with Gasteiger partial charge in [0.2, 0.25) is 0 Å². The number of amides is 1. The number of halogens is 1. The highest BCUT2D eigenvalue weighted by Crippen LogP contribution is 2.25. The van der Waals surface area contributed by atoms with Crippen LogP contribution in [0.4, 0.5) is 0 Å². The summed E-state index contributed by atoms with van der Waals surface area (Å²) in [4.78, 5) is 12.6. The Morgan fingerprint density at radius 3 is 2.42 bits per heavy atom. The van der Waals surface area contributed by atoms with Gasteiger partial charge in [0, 0.05) is 34.2 Å². The third-order valence-corrected chi connectivity index (χ3v) is 6.25. The SMILES string of the molecule is Cc1cc(/C=C(/C#N)C(=O)NCc2ccccc2)c(C)n1-c1ccc(OCc2ccccc2Cl)cc1.